The first kappa shape index (κ1) is 93.1. The number of rotatable bonds is 74. The Morgan fingerprint density at radius 1 is 0.305 bits per heavy atom. The molecule has 0 heterocycles. The van der Waals surface area contributed by atoms with Gasteiger partial charge in [-0.25, -0.2) is 9.13 Å². The minimum Gasteiger partial charge on any atom is -0.462 e. The van der Waals surface area contributed by atoms with Crippen LogP contribution in [0.5, 0.6) is 0 Å². The molecule has 0 aromatic rings. The molecule has 0 rings (SSSR count). The van der Waals surface area contributed by atoms with Crippen LogP contribution in [-0.2, 0) is 65.4 Å². The van der Waals surface area contributed by atoms with E-state index in [0.29, 0.717) is 25.7 Å². The molecule has 0 fully saturated rings. The standard InChI is InChI=1S/C76H148O17P2/c1-8-10-11-12-33-43-50-57-73(78)86-63-71(93-76(81)60-53-46-39-32-31-36-42-49-56-69(7)9-2)65-90-94(82,83)88-61-70(77)62-89-95(84,85)91-66-72(64-87-74(79)58-51-44-37-29-25-21-18-17-20-24-28-35-41-48-55-68(5)6)92-75(80)59-52-45-38-30-26-22-16-14-13-15-19-23-27-34-40-47-54-67(3)4/h67-72,77H,8-66H2,1-7H3,(H,82,83)(H,84,85)/t69?,70-,71+,72+/m0/s1. The van der Waals surface area contributed by atoms with Crippen LogP contribution in [-0.4, -0.2) is 96.7 Å². The van der Waals surface area contributed by atoms with Crippen molar-refractivity contribution in [3.05, 3.63) is 0 Å². The van der Waals surface area contributed by atoms with E-state index in [4.69, 9.17) is 37.0 Å². The Bertz CT molecular complexity index is 1850. The fraction of sp³-hybridized carbons (Fsp3) is 0.947. The number of ether oxygens (including phenoxy) is 4. The van der Waals surface area contributed by atoms with Crippen LogP contribution in [0.4, 0.5) is 0 Å². The monoisotopic (exact) mass is 1400 g/mol. The van der Waals surface area contributed by atoms with Crippen LogP contribution in [0.15, 0.2) is 0 Å². The highest BCUT2D eigenvalue weighted by Gasteiger charge is 2.30. The molecule has 0 aliphatic carbocycles. The molecular weight excluding hydrogens is 1250 g/mol. The van der Waals surface area contributed by atoms with Crippen molar-refractivity contribution in [1.82, 2.24) is 0 Å². The van der Waals surface area contributed by atoms with Gasteiger partial charge in [0.15, 0.2) is 12.2 Å². The second-order valence-electron chi connectivity index (χ2n) is 28.6. The van der Waals surface area contributed by atoms with E-state index >= 15 is 0 Å². The number of carbonyl (C=O) groups excluding carboxylic acids is 4. The number of phosphoric ester groups is 2. The summed E-state index contributed by atoms with van der Waals surface area (Å²) >= 11 is 0. The van der Waals surface area contributed by atoms with E-state index in [1.54, 1.807) is 0 Å². The largest absolute Gasteiger partial charge is 0.472 e. The molecule has 0 aliphatic heterocycles. The van der Waals surface area contributed by atoms with Crippen molar-refractivity contribution in [3.8, 4) is 0 Å². The number of carbonyl (C=O) groups is 4. The van der Waals surface area contributed by atoms with E-state index < -0.39 is 97.5 Å². The van der Waals surface area contributed by atoms with Crippen molar-refractivity contribution < 1.29 is 80.2 Å². The maximum Gasteiger partial charge on any atom is 0.472 e. The summed E-state index contributed by atoms with van der Waals surface area (Å²) in [6.07, 6.45) is 52.8. The molecule has 0 aliphatic rings. The first-order valence-electron chi connectivity index (χ1n) is 39.4. The van der Waals surface area contributed by atoms with Crippen LogP contribution < -0.4 is 0 Å². The smallest absolute Gasteiger partial charge is 0.462 e. The van der Waals surface area contributed by atoms with Gasteiger partial charge in [0.2, 0.25) is 0 Å². The molecular formula is C76H148O17P2. The third-order valence-electron chi connectivity index (χ3n) is 18.0. The van der Waals surface area contributed by atoms with Crippen molar-refractivity contribution in [2.45, 2.75) is 407 Å². The van der Waals surface area contributed by atoms with Crippen LogP contribution in [0.3, 0.4) is 0 Å². The third-order valence-corrected chi connectivity index (χ3v) is 19.9. The lowest BCUT2D eigenvalue weighted by Crippen LogP contribution is -2.30. The number of phosphoric acid groups is 2. The SMILES string of the molecule is CCCCCCCCCC(=O)OC[C@H](COP(=O)(O)OC[C@H](O)COP(=O)(O)OC[C@@H](COC(=O)CCCCCCCCCCCCCCCCC(C)C)OC(=O)CCCCCCCCCCCCCCCCCCC(C)C)OC(=O)CCCCCCCCCCC(C)CC. The molecule has 3 N–H and O–H groups in total. The van der Waals surface area contributed by atoms with Crippen molar-refractivity contribution >= 4 is 39.5 Å². The van der Waals surface area contributed by atoms with Gasteiger partial charge < -0.3 is 33.8 Å². The Hall–Kier alpha value is -1.94. The number of aliphatic hydroxyl groups is 1. The molecule has 0 aromatic carbocycles. The highest BCUT2D eigenvalue weighted by molar-refractivity contribution is 7.47. The molecule has 0 saturated heterocycles. The Kier molecular flexibility index (Phi) is 65.2. The van der Waals surface area contributed by atoms with Crippen molar-refractivity contribution in [3.63, 3.8) is 0 Å². The molecule has 6 atom stereocenters. The molecule has 17 nitrogen and oxygen atoms in total. The summed E-state index contributed by atoms with van der Waals surface area (Å²) in [6.45, 7) is 11.9. The lowest BCUT2D eigenvalue weighted by atomic mass is 9.99. The minimum absolute atomic E-state index is 0.105. The van der Waals surface area contributed by atoms with Crippen LogP contribution in [0, 0.1) is 17.8 Å². The Labute approximate surface area is 581 Å². The molecule has 95 heavy (non-hydrogen) atoms. The summed E-state index contributed by atoms with van der Waals surface area (Å²) in [4.78, 5) is 72.7. The molecule has 0 bridgehead atoms. The summed E-state index contributed by atoms with van der Waals surface area (Å²) in [5.74, 6) is 0.255. The van der Waals surface area contributed by atoms with Gasteiger partial charge in [0.1, 0.15) is 19.3 Å². The Balaban J connectivity index is 5.19. The van der Waals surface area contributed by atoms with Crippen LogP contribution in [0.2, 0.25) is 0 Å². The van der Waals surface area contributed by atoms with E-state index in [9.17, 15) is 43.2 Å². The highest BCUT2D eigenvalue weighted by atomic mass is 31.2. The molecule has 3 unspecified atom stereocenters. The number of hydrogen-bond acceptors (Lipinski definition) is 15. The van der Waals surface area contributed by atoms with E-state index in [-0.39, 0.29) is 25.7 Å². The van der Waals surface area contributed by atoms with E-state index in [0.717, 1.165) is 120 Å². The van der Waals surface area contributed by atoms with Gasteiger partial charge in [-0.05, 0) is 43.4 Å². The maximum absolute atomic E-state index is 13.1. The van der Waals surface area contributed by atoms with Gasteiger partial charge in [0.05, 0.1) is 26.4 Å². The summed E-state index contributed by atoms with van der Waals surface area (Å²) in [5.41, 5.74) is 0. The zero-order valence-electron chi connectivity index (χ0n) is 62.1. The lowest BCUT2D eigenvalue weighted by molar-refractivity contribution is -0.161. The maximum atomic E-state index is 13.1. The second kappa shape index (κ2) is 66.6. The van der Waals surface area contributed by atoms with E-state index in [1.165, 1.54) is 186 Å². The van der Waals surface area contributed by atoms with Gasteiger partial charge in [-0.3, -0.25) is 37.3 Å². The van der Waals surface area contributed by atoms with E-state index in [2.05, 4.69) is 48.5 Å². The Morgan fingerprint density at radius 2 is 0.537 bits per heavy atom. The van der Waals surface area contributed by atoms with Gasteiger partial charge in [-0.1, -0.05) is 337 Å². The fourth-order valence-corrected chi connectivity index (χ4v) is 13.1. The summed E-state index contributed by atoms with van der Waals surface area (Å²) < 4.78 is 68.4. The van der Waals surface area contributed by atoms with Gasteiger partial charge in [0, 0.05) is 25.7 Å². The molecule has 0 saturated carbocycles. The zero-order chi connectivity index (χ0) is 70.1. The number of esters is 4. The van der Waals surface area contributed by atoms with E-state index in [1.807, 2.05) is 0 Å². The molecule has 0 aromatic heterocycles. The lowest BCUT2D eigenvalue weighted by Gasteiger charge is -2.21. The Morgan fingerprint density at radius 3 is 0.800 bits per heavy atom. The quantitative estimate of drug-likeness (QED) is 0.0222. The molecule has 19 heteroatoms. The molecule has 564 valence electrons. The highest BCUT2D eigenvalue weighted by Crippen LogP contribution is 2.45. The first-order chi connectivity index (χ1) is 45.8. The topological polar surface area (TPSA) is 237 Å². The van der Waals surface area contributed by atoms with Gasteiger partial charge in [-0.15, -0.1) is 0 Å². The third kappa shape index (κ3) is 69.0. The normalized spacial score (nSPS) is 14.4. The van der Waals surface area contributed by atoms with Gasteiger partial charge >= 0.3 is 39.5 Å². The molecule has 0 spiro atoms. The van der Waals surface area contributed by atoms with Crippen molar-refractivity contribution in [1.29, 1.82) is 0 Å². The molecule has 0 amide bonds. The van der Waals surface area contributed by atoms with Crippen molar-refractivity contribution in [2.24, 2.45) is 17.8 Å². The molecule has 0 radical (unpaired) electrons. The van der Waals surface area contributed by atoms with Crippen molar-refractivity contribution in [2.75, 3.05) is 39.6 Å². The van der Waals surface area contributed by atoms with Gasteiger partial charge in [-0.2, -0.15) is 0 Å². The summed E-state index contributed by atoms with van der Waals surface area (Å²) in [7, 11) is -9.91. The summed E-state index contributed by atoms with van der Waals surface area (Å²) in [6, 6.07) is 0. The average molecular weight is 1400 g/mol. The fourth-order valence-electron chi connectivity index (χ4n) is 11.6. The second-order valence-corrected chi connectivity index (χ2v) is 31.5. The summed E-state index contributed by atoms with van der Waals surface area (Å²) in [5, 5.41) is 10.6. The zero-order valence-corrected chi connectivity index (χ0v) is 63.9. The van der Waals surface area contributed by atoms with Crippen LogP contribution >= 0.6 is 15.6 Å². The van der Waals surface area contributed by atoms with Crippen LogP contribution in [0.25, 0.3) is 0 Å². The minimum atomic E-state index is -4.96. The van der Waals surface area contributed by atoms with Crippen LogP contribution in [0.1, 0.15) is 389 Å². The predicted molar refractivity (Wildman–Crippen MR) is 386 cm³/mol. The average Bonchev–Trinajstić information content (AvgIpc) is 1.60. The number of unbranched alkanes of at least 4 members (excludes halogenated alkanes) is 41. The number of aliphatic hydroxyl groups excluding tert-OH is 1. The predicted octanol–water partition coefficient (Wildman–Crippen LogP) is 22.2. The number of hydrogen-bond donors (Lipinski definition) is 3. The van der Waals surface area contributed by atoms with Gasteiger partial charge in [0.25, 0.3) is 0 Å². The first-order valence-corrected chi connectivity index (χ1v) is 42.4.